The number of nitrogens with zero attached hydrogens (tertiary/aromatic N) is 3. The second-order valence-corrected chi connectivity index (χ2v) is 4.53. The molecule has 0 saturated carbocycles. The van der Waals surface area contributed by atoms with Crippen LogP contribution in [0.15, 0.2) is 43.0 Å². The van der Waals surface area contributed by atoms with E-state index in [4.69, 9.17) is 10.8 Å². The third-order valence-corrected chi connectivity index (χ3v) is 3.01. The van der Waals surface area contributed by atoms with Gasteiger partial charge in [0, 0.05) is 25.5 Å². The Labute approximate surface area is 117 Å². The summed E-state index contributed by atoms with van der Waals surface area (Å²) in [4.78, 5) is 16.8. The van der Waals surface area contributed by atoms with E-state index in [2.05, 4.69) is 4.98 Å². The molecule has 0 spiro atoms. The lowest BCUT2D eigenvalue weighted by Crippen LogP contribution is -2.31. The number of rotatable bonds is 7. The molecule has 6 nitrogen and oxygen atoms in total. The van der Waals surface area contributed by atoms with Gasteiger partial charge in [0.1, 0.15) is 6.54 Å². The first-order chi connectivity index (χ1) is 9.66. The molecule has 106 valence electrons. The quantitative estimate of drug-likeness (QED) is 0.746. The number of aromatic nitrogens is 2. The molecule has 0 saturated heterocycles. The molecule has 0 radical (unpaired) electrons. The average molecular weight is 274 g/mol. The molecular formula is C14H18N4O2. The number of para-hydroxylation sites is 2. The highest BCUT2D eigenvalue weighted by Crippen LogP contribution is 2.22. The van der Waals surface area contributed by atoms with Gasteiger partial charge in [-0.25, -0.2) is 4.98 Å². The van der Waals surface area contributed by atoms with Gasteiger partial charge in [-0.2, -0.15) is 0 Å². The van der Waals surface area contributed by atoms with Gasteiger partial charge in [-0.15, -0.1) is 0 Å². The molecule has 0 amide bonds. The van der Waals surface area contributed by atoms with Crippen LogP contribution in [0, 0.1) is 0 Å². The van der Waals surface area contributed by atoms with Gasteiger partial charge in [0.05, 0.1) is 17.7 Å². The average Bonchev–Trinajstić information content (AvgIpc) is 2.91. The lowest BCUT2D eigenvalue weighted by Gasteiger charge is -2.24. The Hall–Kier alpha value is -2.50. The van der Waals surface area contributed by atoms with Gasteiger partial charge in [0.25, 0.3) is 0 Å². The summed E-state index contributed by atoms with van der Waals surface area (Å²) >= 11 is 0. The van der Waals surface area contributed by atoms with Gasteiger partial charge in [0.2, 0.25) is 0 Å². The number of aryl methyl sites for hydroxylation is 1. The molecule has 0 bridgehead atoms. The van der Waals surface area contributed by atoms with E-state index in [1.807, 2.05) is 29.0 Å². The van der Waals surface area contributed by atoms with Crippen LogP contribution in [0.25, 0.3) is 0 Å². The van der Waals surface area contributed by atoms with Crippen molar-refractivity contribution in [1.82, 2.24) is 9.55 Å². The number of hydrogen-bond donors (Lipinski definition) is 2. The van der Waals surface area contributed by atoms with Crippen molar-refractivity contribution in [2.45, 2.75) is 13.0 Å². The molecule has 1 aromatic heterocycles. The van der Waals surface area contributed by atoms with Crippen LogP contribution in [-0.2, 0) is 11.3 Å². The Morgan fingerprint density at radius 3 is 2.85 bits per heavy atom. The molecule has 1 heterocycles. The maximum atomic E-state index is 11.0. The summed E-state index contributed by atoms with van der Waals surface area (Å²) in [7, 11) is 0. The number of aliphatic carboxylic acids is 1. The highest BCUT2D eigenvalue weighted by Gasteiger charge is 2.12. The predicted molar refractivity (Wildman–Crippen MR) is 77.5 cm³/mol. The summed E-state index contributed by atoms with van der Waals surface area (Å²) < 4.78 is 1.97. The summed E-state index contributed by atoms with van der Waals surface area (Å²) in [6.07, 6.45) is 6.18. The Kier molecular flexibility index (Phi) is 4.60. The predicted octanol–water partition coefficient (Wildman–Crippen LogP) is 1.45. The Balaban J connectivity index is 2.00. The highest BCUT2D eigenvalue weighted by molar-refractivity contribution is 5.77. The molecule has 2 rings (SSSR count). The third kappa shape index (κ3) is 3.74. The Morgan fingerprint density at radius 2 is 2.20 bits per heavy atom. The number of nitrogens with two attached hydrogens (primary N) is 1. The van der Waals surface area contributed by atoms with E-state index in [1.54, 1.807) is 23.5 Å². The summed E-state index contributed by atoms with van der Waals surface area (Å²) in [5.74, 6) is -0.865. The molecule has 0 atom stereocenters. The number of nitrogen functional groups attached to an aromatic ring is 1. The number of carboxylic acid groups (broad SMARTS) is 1. The second kappa shape index (κ2) is 6.60. The fourth-order valence-corrected chi connectivity index (χ4v) is 2.09. The van der Waals surface area contributed by atoms with Gasteiger partial charge >= 0.3 is 5.97 Å². The smallest absolute Gasteiger partial charge is 0.323 e. The third-order valence-electron chi connectivity index (χ3n) is 3.01. The second-order valence-electron chi connectivity index (χ2n) is 4.53. The van der Waals surface area contributed by atoms with Crippen molar-refractivity contribution in [3.63, 3.8) is 0 Å². The van der Waals surface area contributed by atoms with Crippen molar-refractivity contribution in [2.75, 3.05) is 23.7 Å². The van der Waals surface area contributed by atoms with E-state index < -0.39 is 5.97 Å². The van der Waals surface area contributed by atoms with E-state index in [9.17, 15) is 4.79 Å². The SMILES string of the molecule is Nc1ccccc1N(CCCn1ccnc1)CC(=O)O. The number of anilines is 2. The summed E-state index contributed by atoms with van der Waals surface area (Å²) in [5.41, 5.74) is 7.27. The first kappa shape index (κ1) is 13.9. The maximum absolute atomic E-state index is 11.0. The van der Waals surface area contributed by atoms with Crippen LogP contribution in [0.2, 0.25) is 0 Å². The van der Waals surface area contributed by atoms with Crippen molar-refractivity contribution in [3.8, 4) is 0 Å². The van der Waals surface area contributed by atoms with Crippen LogP contribution in [-0.4, -0.2) is 33.7 Å². The molecule has 20 heavy (non-hydrogen) atoms. The van der Waals surface area contributed by atoms with Crippen LogP contribution in [0.3, 0.4) is 0 Å². The molecule has 2 aromatic rings. The largest absolute Gasteiger partial charge is 0.480 e. The fraction of sp³-hybridized carbons (Fsp3) is 0.286. The zero-order valence-electron chi connectivity index (χ0n) is 11.1. The minimum Gasteiger partial charge on any atom is -0.480 e. The van der Waals surface area contributed by atoms with Crippen molar-refractivity contribution < 1.29 is 9.90 Å². The number of benzene rings is 1. The topological polar surface area (TPSA) is 84.4 Å². The van der Waals surface area contributed by atoms with Crippen LogP contribution >= 0.6 is 0 Å². The van der Waals surface area contributed by atoms with Crippen molar-refractivity contribution in [3.05, 3.63) is 43.0 Å². The first-order valence-electron chi connectivity index (χ1n) is 6.44. The standard InChI is InChI=1S/C14H18N4O2/c15-12-4-1-2-5-13(12)18(10-14(19)20)8-3-7-17-9-6-16-11-17/h1-2,4-6,9,11H,3,7-8,10,15H2,(H,19,20). The molecule has 0 unspecified atom stereocenters. The minimum absolute atomic E-state index is 0.0574. The fourth-order valence-electron chi connectivity index (χ4n) is 2.09. The van der Waals surface area contributed by atoms with Crippen LogP contribution in [0.4, 0.5) is 11.4 Å². The zero-order chi connectivity index (χ0) is 14.4. The van der Waals surface area contributed by atoms with E-state index in [0.717, 1.165) is 18.7 Å². The van der Waals surface area contributed by atoms with Gasteiger partial charge in [0.15, 0.2) is 0 Å². The normalized spacial score (nSPS) is 10.4. The van der Waals surface area contributed by atoms with E-state index in [1.165, 1.54) is 0 Å². The van der Waals surface area contributed by atoms with E-state index in [-0.39, 0.29) is 6.54 Å². The van der Waals surface area contributed by atoms with E-state index >= 15 is 0 Å². The van der Waals surface area contributed by atoms with Crippen LogP contribution in [0.1, 0.15) is 6.42 Å². The molecule has 0 fully saturated rings. The monoisotopic (exact) mass is 274 g/mol. The molecular weight excluding hydrogens is 256 g/mol. The molecule has 6 heteroatoms. The van der Waals surface area contributed by atoms with Crippen molar-refractivity contribution >= 4 is 17.3 Å². The molecule has 1 aromatic carbocycles. The molecule has 0 aliphatic rings. The first-order valence-corrected chi connectivity index (χ1v) is 6.44. The van der Waals surface area contributed by atoms with Crippen molar-refractivity contribution in [2.24, 2.45) is 0 Å². The van der Waals surface area contributed by atoms with Gasteiger partial charge < -0.3 is 20.3 Å². The van der Waals surface area contributed by atoms with Gasteiger partial charge in [-0.3, -0.25) is 4.79 Å². The zero-order valence-corrected chi connectivity index (χ0v) is 11.1. The van der Waals surface area contributed by atoms with Gasteiger partial charge in [-0.1, -0.05) is 12.1 Å². The van der Waals surface area contributed by atoms with Crippen LogP contribution < -0.4 is 10.6 Å². The highest BCUT2D eigenvalue weighted by atomic mass is 16.4. The summed E-state index contributed by atoms with van der Waals surface area (Å²) in [5, 5.41) is 9.02. The maximum Gasteiger partial charge on any atom is 0.323 e. The molecule has 3 N–H and O–H groups in total. The minimum atomic E-state index is -0.865. The lowest BCUT2D eigenvalue weighted by atomic mass is 10.2. The Bertz CT molecular complexity index is 554. The lowest BCUT2D eigenvalue weighted by molar-refractivity contribution is -0.135. The van der Waals surface area contributed by atoms with E-state index in [0.29, 0.717) is 12.2 Å². The number of hydrogen-bond acceptors (Lipinski definition) is 4. The molecule has 0 aliphatic carbocycles. The summed E-state index contributed by atoms with van der Waals surface area (Å²) in [6, 6.07) is 7.31. The van der Waals surface area contributed by atoms with Gasteiger partial charge in [-0.05, 0) is 18.6 Å². The number of carboxylic acids is 1. The van der Waals surface area contributed by atoms with Crippen LogP contribution in [0.5, 0.6) is 0 Å². The number of carbonyl (C=O) groups is 1. The molecule has 0 aliphatic heterocycles. The summed E-state index contributed by atoms with van der Waals surface area (Å²) in [6.45, 7) is 1.36. The Morgan fingerprint density at radius 1 is 1.40 bits per heavy atom. The van der Waals surface area contributed by atoms with Crippen molar-refractivity contribution in [1.29, 1.82) is 0 Å². The number of imidazole rings is 1.